The number of rotatable bonds is 3. The van der Waals surface area contributed by atoms with Crippen molar-refractivity contribution in [2.24, 2.45) is 5.73 Å². The molecule has 0 aliphatic carbocycles. The first-order chi connectivity index (χ1) is 7.70. The van der Waals surface area contributed by atoms with E-state index >= 15 is 0 Å². The lowest BCUT2D eigenvalue weighted by Gasteiger charge is -2.31. The Kier molecular flexibility index (Phi) is 5.34. The molecule has 1 fully saturated rings. The number of likely N-dealkylation sites (tertiary alicyclic amines) is 1. The van der Waals surface area contributed by atoms with Crippen LogP contribution in [0.1, 0.15) is 45.4 Å². The molecule has 0 aromatic heterocycles. The van der Waals surface area contributed by atoms with Crippen LogP contribution in [0.5, 0.6) is 0 Å². The van der Waals surface area contributed by atoms with Crippen molar-refractivity contribution in [3.63, 3.8) is 0 Å². The van der Waals surface area contributed by atoms with Crippen LogP contribution < -0.4 is 5.73 Å². The molecule has 16 heavy (non-hydrogen) atoms. The van der Waals surface area contributed by atoms with Gasteiger partial charge in [-0.1, -0.05) is 19.8 Å². The lowest BCUT2D eigenvalue weighted by molar-refractivity contribution is -0.134. The number of terminal acetylenes is 1. The molecule has 3 heteroatoms. The summed E-state index contributed by atoms with van der Waals surface area (Å²) in [4.78, 5) is 14.1. The molecule has 2 unspecified atom stereocenters. The van der Waals surface area contributed by atoms with Crippen LogP contribution in [-0.2, 0) is 4.79 Å². The van der Waals surface area contributed by atoms with Gasteiger partial charge in [0.1, 0.15) is 0 Å². The molecule has 2 atom stereocenters. The van der Waals surface area contributed by atoms with Crippen molar-refractivity contribution in [1.82, 2.24) is 4.90 Å². The van der Waals surface area contributed by atoms with Gasteiger partial charge in [0.2, 0.25) is 5.91 Å². The Morgan fingerprint density at radius 3 is 2.94 bits per heavy atom. The third kappa shape index (κ3) is 3.24. The number of amides is 1. The molecular weight excluding hydrogens is 200 g/mol. The molecule has 1 amide bonds. The van der Waals surface area contributed by atoms with Crippen molar-refractivity contribution < 1.29 is 4.79 Å². The molecule has 0 aromatic carbocycles. The van der Waals surface area contributed by atoms with E-state index in [2.05, 4.69) is 12.8 Å². The van der Waals surface area contributed by atoms with Crippen molar-refractivity contribution in [2.75, 3.05) is 6.54 Å². The van der Waals surface area contributed by atoms with E-state index in [1.165, 1.54) is 12.8 Å². The van der Waals surface area contributed by atoms with Crippen LogP contribution in [0, 0.1) is 12.3 Å². The van der Waals surface area contributed by atoms with Gasteiger partial charge in [-0.3, -0.25) is 4.79 Å². The van der Waals surface area contributed by atoms with Crippen molar-refractivity contribution in [1.29, 1.82) is 0 Å². The van der Waals surface area contributed by atoms with E-state index in [1.54, 1.807) is 0 Å². The quantitative estimate of drug-likeness (QED) is 0.736. The maximum Gasteiger partial charge on any atom is 0.240 e. The fourth-order valence-electron chi connectivity index (χ4n) is 2.32. The third-order valence-corrected chi connectivity index (χ3v) is 3.29. The number of hydrogen-bond acceptors (Lipinski definition) is 2. The molecule has 2 N–H and O–H groups in total. The van der Waals surface area contributed by atoms with Crippen LogP contribution in [0.3, 0.4) is 0 Å². The first kappa shape index (κ1) is 13.1. The second-order valence-corrected chi connectivity index (χ2v) is 4.46. The second-order valence-electron chi connectivity index (χ2n) is 4.46. The third-order valence-electron chi connectivity index (χ3n) is 3.29. The summed E-state index contributed by atoms with van der Waals surface area (Å²) in [6.45, 7) is 2.97. The zero-order chi connectivity index (χ0) is 12.0. The van der Waals surface area contributed by atoms with Gasteiger partial charge in [0.15, 0.2) is 0 Å². The van der Waals surface area contributed by atoms with Crippen LogP contribution in [0.2, 0.25) is 0 Å². The summed E-state index contributed by atoms with van der Waals surface area (Å²) in [6, 6.07) is -0.157. The zero-order valence-corrected chi connectivity index (χ0v) is 10.1. The Balaban J connectivity index is 2.66. The SMILES string of the molecule is C#CCC(N)C(=O)N1CCCCCC1CC. The number of nitrogens with zero attached hydrogens (tertiary/aromatic N) is 1. The van der Waals surface area contributed by atoms with Crippen LogP contribution in [-0.4, -0.2) is 29.4 Å². The van der Waals surface area contributed by atoms with Gasteiger partial charge in [-0.15, -0.1) is 12.3 Å². The molecule has 1 aliphatic rings. The molecule has 1 heterocycles. The van der Waals surface area contributed by atoms with Crippen molar-refractivity contribution in [3.8, 4) is 12.3 Å². The first-order valence-corrected chi connectivity index (χ1v) is 6.20. The van der Waals surface area contributed by atoms with Gasteiger partial charge in [0, 0.05) is 19.0 Å². The molecule has 0 radical (unpaired) electrons. The van der Waals surface area contributed by atoms with Crippen LogP contribution in [0.4, 0.5) is 0 Å². The molecule has 3 nitrogen and oxygen atoms in total. The predicted octanol–water partition coefficient (Wildman–Crippen LogP) is 1.52. The Bertz CT molecular complexity index is 270. The highest BCUT2D eigenvalue weighted by Crippen LogP contribution is 2.19. The number of carbonyl (C=O) groups is 1. The lowest BCUT2D eigenvalue weighted by Crippen LogP contribution is -2.48. The molecular formula is C13H22N2O. The highest BCUT2D eigenvalue weighted by Gasteiger charge is 2.27. The Morgan fingerprint density at radius 1 is 1.56 bits per heavy atom. The number of carbonyl (C=O) groups excluding carboxylic acids is 1. The Morgan fingerprint density at radius 2 is 2.31 bits per heavy atom. The van der Waals surface area contributed by atoms with E-state index in [0.717, 1.165) is 25.8 Å². The first-order valence-electron chi connectivity index (χ1n) is 6.20. The molecule has 0 saturated carbocycles. The molecule has 1 saturated heterocycles. The summed E-state index contributed by atoms with van der Waals surface area (Å²) in [6.07, 6.45) is 11.2. The summed E-state index contributed by atoms with van der Waals surface area (Å²) in [5.74, 6) is 2.50. The monoisotopic (exact) mass is 222 g/mol. The van der Waals surface area contributed by atoms with Gasteiger partial charge < -0.3 is 10.6 Å². The van der Waals surface area contributed by atoms with E-state index in [9.17, 15) is 4.79 Å². The minimum Gasteiger partial charge on any atom is -0.338 e. The summed E-state index contributed by atoms with van der Waals surface area (Å²) in [7, 11) is 0. The largest absolute Gasteiger partial charge is 0.338 e. The van der Waals surface area contributed by atoms with Crippen molar-refractivity contribution in [3.05, 3.63) is 0 Å². The van der Waals surface area contributed by atoms with E-state index in [-0.39, 0.29) is 5.91 Å². The standard InChI is InChI=1S/C13H22N2O/c1-3-8-12(14)13(16)15-10-7-5-6-9-11(15)4-2/h1,11-12H,4-10,14H2,2H3. The van der Waals surface area contributed by atoms with E-state index in [1.807, 2.05) is 4.90 Å². The van der Waals surface area contributed by atoms with Gasteiger partial charge in [0.25, 0.3) is 0 Å². The van der Waals surface area contributed by atoms with Gasteiger partial charge in [-0.2, -0.15) is 0 Å². The smallest absolute Gasteiger partial charge is 0.240 e. The lowest BCUT2D eigenvalue weighted by atomic mass is 10.1. The summed E-state index contributed by atoms with van der Waals surface area (Å²) >= 11 is 0. The normalized spacial score (nSPS) is 23.3. The Hall–Kier alpha value is -1.01. The summed E-state index contributed by atoms with van der Waals surface area (Å²) in [5.41, 5.74) is 5.79. The van der Waals surface area contributed by atoms with Gasteiger partial charge in [-0.05, 0) is 19.3 Å². The summed E-state index contributed by atoms with van der Waals surface area (Å²) in [5, 5.41) is 0. The number of hydrogen-bond donors (Lipinski definition) is 1. The van der Waals surface area contributed by atoms with Crippen molar-refractivity contribution in [2.45, 2.75) is 57.5 Å². The predicted molar refractivity (Wildman–Crippen MR) is 65.7 cm³/mol. The van der Waals surface area contributed by atoms with E-state index in [0.29, 0.717) is 12.5 Å². The van der Waals surface area contributed by atoms with Gasteiger partial charge in [0.05, 0.1) is 6.04 Å². The fraction of sp³-hybridized carbons (Fsp3) is 0.769. The minimum atomic E-state index is -0.517. The topological polar surface area (TPSA) is 46.3 Å². The van der Waals surface area contributed by atoms with Crippen LogP contribution in [0.25, 0.3) is 0 Å². The zero-order valence-electron chi connectivity index (χ0n) is 10.1. The van der Waals surface area contributed by atoms with Gasteiger partial charge >= 0.3 is 0 Å². The van der Waals surface area contributed by atoms with Gasteiger partial charge in [-0.25, -0.2) is 0 Å². The number of nitrogens with two attached hydrogens (primary N) is 1. The molecule has 1 aliphatic heterocycles. The fourth-order valence-corrected chi connectivity index (χ4v) is 2.32. The minimum absolute atomic E-state index is 0.0340. The highest BCUT2D eigenvalue weighted by molar-refractivity contribution is 5.82. The maximum atomic E-state index is 12.1. The molecule has 1 rings (SSSR count). The van der Waals surface area contributed by atoms with E-state index < -0.39 is 6.04 Å². The molecule has 0 bridgehead atoms. The molecule has 0 spiro atoms. The van der Waals surface area contributed by atoms with Crippen LogP contribution in [0.15, 0.2) is 0 Å². The second kappa shape index (κ2) is 6.55. The summed E-state index contributed by atoms with van der Waals surface area (Å²) < 4.78 is 0. The van der Waals surface area contributed by atoms with Crippen molar-refractivity contribution >= 4 is 5.91 Å². The molecule has 0 aromatic rings. The average Bonchev–Trinajstić information content (AvgIpc) is 2.53. The van der Waals surface area contributed by atoms with Crippen LogP contribution >= 0.6 is 0 Å². The molecule has 90 valence electrons. The average molecular weight is 222 g/mol. The highest BCUT2D eigenvalue weighted by atomic mass is 16.2. The maximum absolute atomic E-state index is 12.1. The Labute approximate surface area is 98.4 Å². The van der Waals surface area contributed by atoms with E-state index in [4.69, 9.17) is 12.2 Å².